The van der Waals surface area contributed by atoms with Gasteiger partial charge >= 0.3 is 11.9 Å². The van der Waals surface area contributed by atoms with Gasteiger partial charge < -0.3 is 26.2 Å². The molecule has 0 aliphatic heterocycles. The van der Waals surface area contributed by atoms with Crippen molar-refractivity contribution >= 4 is 23.8 Å². The fourth-order valence-corrected chi connectivity index (χ4v) is 4.18. The van der Waals surface area contributed by atoms with Crippen molar-refractivity contribution in [3.8, 4) is 0 Å². The number of hydrogen-bond acceptors (Lipinski definition) is 6. The molecule has 0 rings (SSSR count). The average Bonchev–Trinajstić information content (AvgIpc) is 2.88. The van der Waals surface area contributed by atoms with Gasteiger partial charge in [-0.3, -0.25) is 14.4 Å². The van der Waals surface area contributed by atoms with Crippen molar-refractivity contribution in [2.45, 2.75) is 141 Å². The Hall–Kier alpha value is -2.16. The molecule has 0 bridgehead atoms. The third-order valence-electron chi connectivity index (χ3n) is 6.57. The molecule has 0 fully saturated rings. The number of rotatable bonds is 25. The number of methoxy groups -OCH3 is 1. The minimum Gasteiger partial charge on any atom is -0.480 e. The summed E-state index contributed by atoms with van der Waals surface area (Å²) >= 11 is 0. The Morgan fingerprint density at radius 3 is 1.78 bits per heavy atom. The molecule has 0 aromatic heterocycles. The average molecular weight is 528 g/mol. The Balaban J connectivity index is 3.80. The Bertz CT molecular complexity index is 629. The molecule has 0 aromatic carbocycles. The van der Waals surface area contributed by atoms with E-state index in [4.69, 9.17) is 5.73 Å². The molecule has 0 aliphatic carbocycles. The SMILES string of the molecule is CCCCCCCCCCCCCCCC(=O)N[C@@H](CCC(=O)NCCCC[C@H](N)C(=O)OC)C(=O)O. The van der Waals surface area contributed by atoms with Crippen molar-refractivity contribution in [2.75, 3.05) is 13.7 Å². The maximum absolute atomic E-state index is 12.2. The van der Waals surface area contributed by atoms with E-state index in [1.807, 2.05) is 0 Å². The molecule has 5 N–H and O–H groups in total. The summed E-state index contributed by atoms with van der Waals surface area (Å²) in [6, 6.07) is -1.74. The van der Waals surface area contributed by atoms with E-state index < -0.39 is 24.0 Å². The molecule has 2 atom stereocenters. The fourth-order valence-electron chi connectivity index (χ4n) is 4.18. The lowest BCUT2D eigenvalue weighted by molar-refractivity contribution is -0.143. The maximum Gasteiger partial charge on any atom is 0.326 e. The first-order valence-corrected chi connectivity index (χ1v) is 14.4. The van der Waals surface area contributed by atoms with Crippen LogP contribution in [0.4, 0.5) is 0 Å². The summed E-state index contributed by atoms with van der Waals surface area (Å²) < 4.78 is 4.56. The molecule has 0 heterocycles. The number of nitrogens with one attached hydrogen (secondary N) is 2. The number of amides is 2. The van der Waals surface area contributed by atoms with Gasteiger partial charge in [-0.2, -0.15) is 0 Å². The highest BCUT2D eigenvalue weighted by Crippen LogP contribution is 2.13. The number of carboxylic acid groups (broad SMARTS) is 1. The molecule has 37 heavy (non-hydrogen) atoms. The lowest BCUT2D eigenvalue weighted by Crippen LogP contribution is -2.41. The zero-order valence-electron chi connectivity index (χ0n) is 23.4. The van der Waals surface area contributed by atoms with Crippen molar-refractivity contribution in [3.05, 3.63) is 0 Å². The third kappa shape index (κ3) is 21.6. The van der Waals surface area contributed by atoms with E-state index in [2.05, 4.69) is 22.3 Å². The van der Waals surface area contributed by atoms with Crippen LogP contribution in [-0.4, -0.2) is 54.6 Å². The lowest BCUT2D eigenvalue weighted by Gasteiger charge is -2.14. The first-order valence-electron chi connectivity index (χ1n) is 14.4. The fraction of sp³-hybridized carbons (Fsp3) is 0.857. The number of hydrogen-bond donors (Lipinski definition) is 4. The second-order valence-electron chi connectivity index (χ2n) is 9.97. The molecule has 0 spiro atoms. The van der Waals surface area contributed by atoms with E-state index in [1.165, 1.54) is 71.3 Å². The Morgan fingerprint density at radius 1 is 0.730 bits per heavy atom. The largest absolute Gasteiger partial charge is 0.480 e. The van der Waals surface area contributed by atoms with Gasteiger partial charge in [-0.25, -0.2) is 4.79 Å². The van der Waals surface area contributed by atoms with Crippen LogP contribution < -0.4 is 16.4 Å². The molecule has 0 saturated carbocycles. The predicted octanol–water partition coefficient (Wildman–Crippen LogP) is 4.60. The van der Waals surface area contributed by atoms with E-state index in [-0.39, 0.29) is 24.7 Å². The topological polar surface area (TPSA) is 148 Å². The van der Waals surface area contributed by atoms with Crippen LogP contribution in [0.1, 0.15) is 129 Å². The van der Waals surface area contributed by atoms with Crippen molar-refractivity contribution in [1.82, 2.24) is 10.6 Å². The number of carbonyl (C=O) groups is 4. The monoisotopic (exact) mass is 527 g/mol. The molecule has 9 heteroatoms. The van der Waals surface area contributed by atoms with Crippen LogP contribution in [0.3, 0.4) is 0 Å². The van der Waals surface area contributed by atoms with Gasteiger partial charge in [0.25, 0.3) is 0 Å². The van der Waals surface area contributed by atoms with E-state index in [9.17, 15) is 24.3 Å². The number of carbonyl (C=O) groups excluding carboxylic acids is 3. The van der Waals surface area contributed by atoms with Crippen LogP contribution in [0.5, 0.6) is 0 Å². The van der Waals surface area contributed by atoms with Gasteiger partial charge in [0, 0.05) is 19.4 Å². The van der Waals surface area contributed by atoms with E-state index >= 15 is 0 Å². The van der Waals surface area contributed by atoms with Crippen LogP contribution >= 0.6 is 0 Å². The standard InChI is InChI=1S/C28H53N3O6/c1-3-4-5-6-7-8-9-10-11-12-13-14-15-19-26(33)31-24(27(34)35)20-21-25(32)30-22-17-16-18-23(29)28(36)37-2/h23-24H,3-22,29H2,1-2H3,(H,30,32)(H,31,33)(H,34,35)/t23-,24-/m0/s1. The molecule has 9 nitrogen and oxygen atoms in total. The predicted molar refractivity (Wildman–Crippen MR) is 146 cm³/mol. The highest BCUT2D eigenvalue weighted by molar-refractivity contribution is 5.84. The van der Waals surface area contributed by atoms with Crippen LogP contribution in [0.15, 0.2) is 0 Å². The van der Waals surface area contributed by atoms with Crippen LogP contribution in [0.25, 0.3) is 0 Å². The second-order valence-corrected chi connectivity index (χ2v) is 9.97. The van der Waals surface area contributed by atoms with Crippen LogP contribution in [0.2, 0.25) is 0 Å². The summed E-state index contributed by atoms with van der Waals surface area (Å²) in [6.07, 6.45) is 18.0. The zero-order valence-corrected chi connectivity index (χ0v) is 23.4. The minimum atomic E-state index is -1.14. The van der Waals surface area contributed by atoms with Gasteiger partial charge in [-0.1, -0.05) is 84.0 Å². The molecule has 0 aromatic rings. The van der Waals surface area contributed by atoms with E-state index in [0.29, 0.717) is 32.2 Å². The second kappa shape index (κ2) is 24.2. The number of unbranched alkanes of at least 4 members (excludes halogenated alkanes) is 13. The van der Waals surface area contributed by atoms with Crippen molar-refractivity contribution in [1.29, 1.82) is 0 Å². The summed E-state index contributed by atoms with van der Waals surface area (Å²) in [5.41, 5.74) is 5.65. The highest BCUT2D eigenvalue weighted by Gasteiger charge is 2.20. The number of aliphatic carboxylic acids is 1. The molecule has 0 aliphatic rings. The summed E-state index contributed by atoms with van der Waals surface area (Å²) in [6.45, 7) is 2.65. The summed E-state index contributed by atoms with van der Waals surface area (Å²) in [4.78, 5) is 46.9. The number of carboxylic acids is 1. The molecular formula is C28H53N3O6. The van der Waals surface area contributed by atoms with E-state index in [0.717, 1.165) is 19.3 Å². The summed E-state index contributed by atoms with van der Waals surface area (Å²) in [5, 5.41) is 14.7. The summed E-state index contributed by atoms with van der Waals surface area (Å²) in [5.74, 6) is -2.14. The third-order valence-corrected chi connectivity index (χ3v) is 6.57. The Labute approximate surface area is 224 Å². The smallest absolute Gasteiger partial charge is 0.326 e. The van der Waals surface area contributed by atoms with Gasteiger partial charge in [0.05, 0.1) is 7.11 Å². The minimum absolute atomic E-state index is 0.0116. The number of esters is 1. The maximum atomic E-state index is 12.2. The zero-order chi connectivity index (χ0) is 27.7. The van der Waals surface area contributed by atoms with Crippen LogP contribution in [-0.2, 0) is 23.9 Å². The molecular weight excluding hydrogens is 474 g/mol. The van der Waals surface area contributed by atoms with Gasteiger partial charge in [0.15, 0.2) is 0 Å². The lowest BCUT2D eigenvalue weighted by atomic mass is 10.0. The molecule has 216 valence electrons. The normalized spacial score (nSPS) is 12.5. The first-order chi connectivity index (χ1) is 17.8. The van der Waals surface area contributed by atoms with Gasteiger partial charge in [0.2, 0.25) is 11.8 Å². The van der Waals surface area contributed by atoms with E-state index in [1.54, 1.807) is 0 Å². The molecule has 0 radical (unpaired) electrons. The van der Waals surface area contributed by atoms with Gasteiger partial charge in [0.1, 0.15) is 12.1 Å². The summed E-state index contributed by atoms with van der Waals surface area (Å²) in [7, 11) is 1.29. The van der Waals surface area contributed by atoms with Gasteiger partial charge in [-0.05, 0) is 32.1 Å². The van der Waals surface area contributed by atoms with Crippen molar-refractivity contribution < 1.29 is 29.0 Å². The number of ether oxygens (including phenoxy) is 1. The molecule has 0 unspecified atom stereocenters. The number of nitrogens with two attached hydrogens (primary N) is 1. The Morgan fingerprint density at radius 2 is 1.27 bits per heavy atom. The first kappa shape index (κ1) is 34.8. The highest BCUT2D eigenvalue weighted by atomic mass is 16.5. The van der Waals surface area contributed by atoms with Gasteiger partial charge in [-0.15, -0.1) is 0 Å². The molecule has 0 saturated heterocycles. The van der Waals surface area contributed by atoms with Crippen LogP contribution in [0, 0.1) is 0 Å². The van der Waals surface area contributed by atoms with Crippen molar-refractivity contribution in [2.24, 2.45) is 5.73 Å². The Kier molecular flexibility index (Phi) is 22.8. The molecule has 2 amide bonds. The quantitative estimate of drug-likeness (QED) is 0.100. The van der Waals surface area contributed by atoms with Crippen molar-refractivity contribution in [3.63, 3.8) is 0 Å².